The Balaban J connectivity index is 2.10. The molecule has 0 saturated heterocycles. The summed E-state index contributed by atoms with van der Waals surface area (Å²) in [5.41, 5.74) is 0.465. The molecule has 10 heteroatoms. The van der Waals surface area contributed by atoms with Crippen LogP contribution in [0.4, 0.5) is 5.95 Å². The second kappa shape index (κ2) is 9.59. The maximum Gasteiger partial charge on any atom is 0.258 e. The quantitative estimate of drug-likeness (QED) is 0.654. The molecule has 0 bridgehead atoms. The van der Waals surface area contributed by atoms with Crippen molar-refractivity contribution in [2.45, 2.75) is 53.2 Å². The fraction of sp³-hybridized carbons (Fsp3) is 0.556. The molecule has 0 aliphatic heterocycles. The van der Waals surface area contributed by atoms with Crippen LogP contribution in [-0.4, -0.2) is 44.9 Å². The van der Waals surface area contributed by atoms with Crippen LogP contribution >= 0.6 is 11.6 Å². The molecular formula is C18H27ClN6O3. The molecule has 1 heterocycles. The van der Waals surface area contributed by atoms with Crippen molar-refractivity contribution in [1.29, 1.82) is 0 Å². The summed E-state index contributed by atoms with van der Waals surface area (Å²) < 4.78 is 12.9. The molecule has 0 fully saturated rings. The third kappa shape index (κ3) is 6.26. The third-order valence-corrected chi connectivity index (χ3v) is 3.91. The van der Waals surface area contributed by atoms with Gasteiger partial charge in [0, 0.05) is 29.7 Å². The lowest BCUT2D eigenvalue weighted by molar-refractivity contribution is -0.124. The molecule has 1 aromatic carbocycles. The first-order chi connectivity index (χ1) is 13.2. The fourth-order valence-corrected chi connectivity index (χ4v) is 2.63. The maximum absolute atomic E-state index is 12.0. The van der Waals surface area contributed by atoms with E-state index in [0.717, 1.165) is 5.56 Å². The minimum Gasteiger partial charge on any atom is -0.490 e. The predicted octanol–water partition coefficient (Wildman–Crippen LogP) is 2.65. The number of carbonyl (C=O) groups excluding carboxylic acids is 1. The Kier molecular flexibility index (Phi) is 7.45. The van der Waals surface area contributed by atoms with E-state index in [4.69, 9.17) is 21.1 Å². The molecule has 2 N–H and O–H groups in total. The molecular weight excluding hydrogens is 384 g/mol. The molecule has 9 nitrogen and oxygen atoms in total. The molecule has 0 atom stereocenters. The Labute approximate surface area is 169 Å². The van der Waals surface area contributed by atoms with Crippen molar-refractivity contribution in [2.75, 3.05) is 18.5 Å². The Hall–Kier alpha value is -2.55. The summed E-state index contributed by atoms with van der Waals surface area (Å²) in [6.45, 7) is 10.9. The van der Waals surface area contributed by atoms with E-state index in [1.807, 2.05) is 34.6 Å². The Morgan fingerprint density at radius 2 is 1.93 bits per heavy atom. The van der Waals surface area contributed by atoms with Gasteiger partial charge in [0.2, 0.25) is 5.95 Å². The van der Waals surface area contributed by atoms with Crippen LogP contribution < -0.4 is 20.1 Å². The van der Waals surface area contributed by atoms with Crippen molar-refractivity contribution in [3.8, 4) is 11.5 Å². The lowest BCUT2D eigenvalue weighted by Crippen LogP contribution is -2.43. The first kappa shape index (κ1) is 21.7. The van der Waals surface area contributed by atoms with Gasteiger partial charge in [-0.15, -0.1) is 0 Å². The average molecular weight is 411 g/mol. The molecule has 154 valence electrons. The number of carbonyl (C=O) groups is 1. The molecule has 0 aliphatic rings. The number of nitrogens with zero attached hydrogens (tertiary/aromatic N) is 4. The minimum absolute atomic E-state index is 0.128. The fourth-order valence-electron chi connectivity index (χ4n) is 2.41. The normalized spacial score (nSPS) is 11.2. The van der Waals surface area contributed by atoms with Gasteiger partial charge in [-0.1, -0.05) is 16.7 Å². The van der Waals surface area contributed by atoms with Crippen LogP contribution in [0.2, 0.25) is 5.02 Å². The van der Waals surface area contributed by atoms with Gasteiger partial charge in [0.1, 0.15) is 0 Å². The number of hydrogen-bond acceptors (Lipinski definition) is 7. The Morgan fingerprint density at radius 3 is 2.57 bits per heavy atom. The number of tetrazole rings is 1. The standard InChI is InChI=1S/C18H27ClN6O3/c1-6-25-17(22-23-24-25)20-10-12-8-14(27-7-2)15(9-13(12)19)28-11-16(26)21-18(3,4)5/h8-9H,6-7,10-11H2,1-5H3,(H,21,26)(H,20,22,24). The summed E-state index contributed by atoms with van der Waals surface area (Å²) in [5.74, 6) is 1.26. The lowest BCUT2D eigenvalue weighted by atomic mass is 10.1. The number of nitrogens with one attached hydrogen (secondary N) is 2. The van der Waals surface area contributed by atoms with Gasteiger partial charge in [0.25, 0.3) is 5.91 Å². The first-order valence-corrected chi connectivity index (χ1v) is 9.50. The number of aromatic nitrogens is 4. The maximum atomic E-state index is 12.0. The molecule has 0 saturated carbocycles. The van der Waals surface area contributed by atoms with Crippen LogP contribution in [0.1, 0.15) is 40.2 Å². The van der Waals surface area contributed by atoms with Crippen molar-refractivity contribution in [3.05, 3.63) is 22.7 Å². The molecule has 28 heavy (non-hydrogen) atoms. The summed E-state index contributed by atoms with van der Waals surface area (Å²) in [6, 6.07) is 3.44. The van der Waals surface area contributed by atoms with Gasteiger partial charge in [-0.3, -0.25) is 4.79 Å². The molecule has 1 aromatic heterocycles. The number of benzene rings is 1. The van der Waals surface area contributed by atoms with Crippen molar-refractivity contribution < 1.29 is 14.3 Å². The van der Waals surface area contributed by atoms with E-state index in [0.29, 0.717) is 42.2 Å². The number of aryl methyl sites for hydroxylation is 1. The highest BCUT2D eigenvalue weighted by molar-refractivity contribution is 6.31. The number of amides is 1. The van der Waals surface area contributed by atoms with E-state index in [-0.39, 0.29) is 18.1 Å². The zero-order valence-electron chi connectivity index (χ0n) is 16.9. The van der Waals surface area contributed by atoms with E-state index in [9.17, 15) is 4.79 Å². The molecule has 0 aliphatic carbocycles. The second-order valence-electron chi connectivity index (χ2n) is 7.08. The summed E-state index contributed by atoms with van der Waals surface area (Å²) in [6.07, 6.45) is 0. The molecule has 0 spiro atoms. The molecule has 2 aromatic rings. The highest BCUT2D eigenvalue weighted by atomic mass is 35.5. The van der Waals surface area contributed by atoms with Crippen LogP contribution in [0, 0.1) is 0 Å². The van der Waals surface area contributed by atoms with E-state index < -0.39 is 0 Å². The van der Waals surface area contributed by atoms with Crippen LogP contribution in [0.3, 0.4) is 0 Å². The van der Waals surface area contributed by atoms with Crippen molar-refractivity contribution in [1.82, 2.24) is 25.5 Å². The second-order valence-corrected chi connectivity index (χ2v) is 7.49. The third-order valence-electron chi connectivity index (χ3n) is 3.55. The number of anilines is 1. The van der Waals surface area contributed by atoms with Gasteiger partial charge in [0.15, 0.2) is 18.1 Å². The molecule has 0 unspecified atom stereocenters. The number of rotatable bonds is 9. The summed E-state index contributed by atoms with van der Waals surface area (Å²) >= 11 is 6.40. The average Bonchev–Trinajstić information content (AvgIpc) is 3.06. The van der Waals surface area contributed by atoms with Crippen molar-refractivity contribution >= 4 is 23.5 Å². The summed E-state index contributed by atoms with van der Waals surface area (Å²) in [4.78, 5) is 12.0. The van der Waals surface area contributed by atoms with E-state index >= 15 is 0 Å². The van der Waals surface area contributed by atoms with Crippen LogP contribution in [0.25, 0.3) is 0 Å². The van der Waals surface area contributed by atoms with E-state index in [1.54, 1.807) is 16.8 Å². The van der Waals surface area contributed by atoms with Crippen molar-refractivity contribution in [3.63, 3.8) is 0 Å². The highest BCUT2D eigenvalue weighted by Gasteiger charge is 2.17. The van der Waals surface area contributed by atoms with Gasteiger partial charge in [-0.2, -0.15) is 0 Å². The zero-order valence-corrected chi connectivity index (χ0v) is 17.6. The van der Waals surface area contributed by atoms with E-state index in [1.165, 1.54) is 0 Å². The molecule has 1 amide bonds. The SMILES string of the molecule is CCOc1cc(CNc2nnnn2CC)c(Cl)cc1OCC(=O)NC(C)(C)C. The van der Waals surface area contributed by atoms with Crippen LogP contribution in [0.5, 0.6) is 11.5 Å². The lowest BCUT2D eigenvalue weighted by Gasteiger charge is -2.21. The van der Waals surface area contributed by atoms with Gasteiger partial charge in [-0.05, 0) is 56.7 Å². The first-order valence-electron chi connectivity index (χ1n) is 9.12. The topological polar surface area (TPSA) is 103 Å². The monoisotopic (exact) mass is 410 g/mol. The number of halogens is 1. The van der Waals surface area contributed by atoms with Gasteiger partial charge in [-0.25, -0.2) is 4.68 Å². The van der Waals surface area contributed by atoms with Crippen molar-refractivity contribution in [2.24, 2.45) is 0 Å². The van der Waals surface area contributed by atoms with E-state index in [2.05, 4.69) is 26.2 Å². The van der Waals surface area contributed by atoms with Gasteiger partial charge < -0.3 is 20.1 Å². The summed E-state index contributed by atoms with van der Waals surface area (Å²) in [7, 11) is 0. The minimum atomic E-state index is -0.329. The zero-order chi connectivity index (χ0) is 20.7. The Bertz CT molecular complexity index is 803. The number of ether oxygens (including phenoxy) is 2. The smallest absolute Gasteiger partial charge is 0.258 e. The van der Waals surface area contributed by atoms with Gasteiger partial charge >= 0.3 is 0 Å². The predicted molar refractivity (Wildman–Crippen MR) is 107 cm³/mol. The van der Waals surface area contributed by atoms with Gasteiger partial charge in [0.05, 0.1) is 6.61 Å². The highest BCUT2D eigenvalue weighted by Crippen LogP contribution is 2.34. The molecule has 2 rings (SSSR count). The van der Waals surface area contributed by atoms with Crippen LogP contribution in [0.15, 0.2) is 12.1 Å². The summed E-state index contributed by atoms with van der Waals surface area (Å²) in [5, 5.41) is 17.9. The number of hydrogen-bond donors (Lipinski definition) is 2. The molecule has 0 radical (unpaired) electrons. The largest absolute Gasteiger partial charge is 0.490 e. The van der Waals surface area contributed by atoms with Crippen LogP contribution in [-0.2, 0) is 17.9 Å². The Morgan fingerprint density at radius 1 is 1.21 bits per heavy atom.